The second-order valence-corrected chi connectivity index (χ2v) is 8.77. The molecule has 0 bridgehead atoms. The van der Waals surface area contributed by atoms with Crippen LogP contribution in [0.25, 0.3) is 0 Å². The van der Waals surface area contributed by atoms with Crippen molar-refractivity contribution in [3.63, 3.8) is 0 Å². The lowest BCUT2D eigenvalue weighted by molar-refractivity contribution is 0.140. The molecule has 1 unspecified atom stereocenters. The zero-order valence-corrected chi connectivity index (χ0v) is 20.1. The van der Waals surface area contributed by atoms with Gasteiger partial charge >= 0.3 is 0 Å². The molecule has 174 valence electrons. The third kappa shape index (κ3) is 6.97. The standard InChI is InChI=1S/C26H38N4O2/c1-19(2)30(5)17-23-9-7-6-8-21(23)15-28-26(27-4)29-16-22-11-10-20(3)14-25(22)32-24-12-13-31-18-24/h6-11,14,19,24H,12-13,15-18H2,1-5H3,(H2,27,28,29). The molecule has 0 aromatic heterocycles. The number of guanidine groups is 1. The van der Waals surface area contributed by atoms with Crippen molar-refractivity contribution in [3.05, 3.63) is 64.7 Å². The molecule has 1 saturated heterocycles. The number of aryl methyl sites for hydroxylation is 1. The van der Waals surface area contributed by atoms with E-state index in [1.165, 1.54) is 16.7 Å². The summed E-state index contributed by atoms with van der Waals surface area (Å²) in [6.45, 7) is 10.2. The van der Waals surface area contributed by atoms with Crippen LogP contribution in [0.3, 0.4) is 0 Å². The van der Waals surface area contributed by atoms with Crippen molar-refractivity contribution in [1.82, 2.24) is 15.5 Å². The van der Waals surface area contributed by atoms with E-state index in [0.717, 1.165) is 43.4 Å². The number of aliphatic imine (C=N–C) groups is 1. The van der Waals surface area contributed by atoms with Gasteiger partial charge in [0, 0.05) is 44.7 Å². The van der Waals surface area contributed by atoms with Crippen LogP contribution >= 0.6 is 0 Å². The molecule has 1 atom stereocenters. The van der Waals surface area contributed by atoms with Gasteiger partial charge in [-0.2, -0.15) is 0 Å². The van der Waals surface area contributed by atoms with Crippen molar-refractivity contribution in [2.75, 3.05) is 27.3 Å². The topological polar surface area (TPSA) is 58.1 Å². The zero-order chi connectivity index (χ0) is 22.9. The average molecular weight is 439 g/mol. The summed E-state index contributed by atoms with van der Waals surface area (Å²) < 4.78 is 11.7. The Balaban J connectivity index is 1.59. The Hall–Kier alpha value is -2.57. The van der Waals surface area contributed by atoms with Gasteiger partial charge in [0.25, 0.3) is 0 Å². The van der Waals surface area contributed by atoms with Gasteiger partial charge in [0.2, 0.25) is 0 Å². The monoisotopic (exact) mass is 438 g/mol. The van der Waals surface area contributed by atoms with Gasteiger partial charge in [-0.25, -0.2) is 0 Å². The van der Waals surface area contributed by atoms with Crippen molar-refractivity contribution >= 4 is 5.96 Å². The number of benzene rings is 2. The first-order valence-electron chi connectivity index (χ1n) is 11.5. The molecule has 0 spiro atoms. The minimum absolute atomic E-state index is 0.133. The molecule has 0 radical (unpaired) electrons. The molecule has 1 heterocycles. The van der Waals surface area contributed by atoms with E-state index in [1.807, 2.05) is 0 Å². The molecule has 0 amide bonds. The van der Waals surface area contributed by atoms with E-state index in [2.05, 4.69) is 90.8 Å². The van der Waals surface area contributed by atoms with Crippen LogP contribution in [-0.4, -0.2) is 50.3 Å². The third-order valence-electron chi connectivity index (χ3n) is 5.94. The van der Waals surface area contributed by atoms with Gasteiger partial charge in [-0.05, 0) is 50.6 Å². The highest BCUT2D eigenvalue weighted by atomic mass is 16.5. The van der Waals surface area contributed by atoms with Gasteiger partial charge in [0.1, 0.15) is 11.9 Å². The number of nitrogens with zero attached hydrogens (tertiary/aromatic N) is 2. The summed E-state index contributed by atoms with van der Waals surface area (Å²) >= 11 is 0. The maximum Gasteiger partial charge on any atom is 0.191 e. The Bertz CT molecular complexity index is 891. The minimum atomic E-state index is 0.133. The number of ether oxygens (including phenoxy) is 2. The molecule has 1 aliphatic heterocycles. The van der Waals surface area contributed by atoms with Gasteiger partial charge in [-0.15, -0.1) is 0 Å². The summed E-state index contributed by atoms with van der Waals surface area (Å²) in [5.74, 6) is 1.69. The third-order valence-corrected chi connectivity index (χ3v) is 5.94. The van der Waals surface area contributed by atoms with E-state index >= 15 is 0 Å². The van der Waals surface area contributed by atoms with Crippen LogP contribution in [0.1, 0.15) is 42.5 Å². The highest BCUT2D eigenvalue weighted by Crippen LogP contribution is 2.23. The van der Waals surface area contributed by atoms with E-state index in [0.29, 0.717) is 19.2 Å². The Morgan fingerprint density at radius 1 is 1.12 bits per heavy atom. The van der Waals surface area contributed by atoms with Gasteiger partial charge in [-0.1, -0.05) is 36.4 Å². The van der Waals surface area contributed by atoms with Crippen LogP contribution in [0.15, 0.2) is 47.5 Å². The largest absolute Gasteiger partial charge is 0.488 e. The number of hydrogen-bond acceptors (Lipinski definition) is 4. The Morgan fingerprint density at radius 2 is 1.84 bits per heavy atom. The summed E-state index contributed by atoms with van der Waals surface area (Å²) in [5, 5.41) is 6.90. The Morgan fingerprint density at radius 3 is 2.50 bits per heavy atom. The molecule has 32 heavy (non-hydrogen) atoms. The number of rotatable bonds is 9. The lowest BCUT2D eigenvalue weighted by Gasteiger charge is -2.23. The minimum Gasteiger partial charge on any atom is -0.488 e. The molecular weight excluding hydrogens is 400 g/mol. The van der Waals surface area contributed by atoms with E-state index in [1.54, 1.807) is 7.05 Å². The fourth-order valence-electron chi connectivity index (χ4n) is 3.62. The van der Waals surface area contributed by atoms with Crippen LogP contribution in [0.2, 0.25) is 0 Å². The highest BCUT2D eigenvalue weighted by Gasteiger charge is 2.19. The van der Waals surface area contributed by atoms with Crippen molar-refractivity contribution < 1.29 is 9.47 Å². The van der Waals surface area contributed by atoms with E-state index in [4.69, 9.17) is 9.47 Å². The van der Waals surface area contributed by atoms with Crippen LogP contribution < -0.4 is 15.4 Å². The van der Waals surface area contributed by atoms with Crippen molar-refractivity contribution in [2.24, 2.45) is 4.99 Å². The van der Waals surface area contributed by atoms with Gasteiger partial charge in [-0.3, -0.25) is 9.89 Å². The van der Waals surface area contributed by atoms with Gasteiger partial charge < -0.3 is 20.1 Å². The van der Waals surface area contributed by atoms with Crippen LogP contribution in [0.4, 0.5) is 0 Å². The molecule has 3 rings (SSSR count). The van der Waals surface area contributed by atoms with Crippen LogP contribution in [0, 0.1) is 6.92 Å². The SMILES string of the molecule is CN=C(NCc1ccccc1CN(C)C(C)C)NCc1ccc(C)cc1OC1CCOC1. The van der Waals surface area contributed by atoms with Crippen molar-refractivity contribution in [2.45, 2.75) is 59.0 Å². The van der Waals surface area contributed by atoms with E-state index < -0.39 is 0 Å². The molecule has 2 N–H and O–H groups in total. The smallest absolute Gasteiger partial charge is 0.191 e. The average Bonchev–Trinajstić information content (AvgIpc) is 3.29. The van der Waals surface area contributed by atoms with Gasteiger partial charge in [0.15, 0.2) is 5.96 Å². The Labute approximate surface area is 193 Å². The number of hydrogen-bond donors (Lipinski definition) is 2. The molecular formula is C26H38N4O2. The molecule has 0 aliphatic carbocycles. The normalized spacial score (nSPS) is 16.6. The lowest BCUT2D eigenvalue weighted by Crippen LogP contribution is -2.37. The molecule has 2 aromatic rings. The fourth-order valence-corrected chi connectivity index (χ4v) is 3.62. The maximum atomic E-state index is 6.22. The fraction of sp³-hybridized carbons (Fsp3) is 0.500. The second-order valence-electron chi connectivity index (χ2n) is 8.77. The molecule has 6 heteroatoms. The maximum absolute atomic E-state index is 6.22. The lowest BCUT2D eigenvalue weighted by atomic mass is 10.1. The predicted octanol–water partition coefficient (Wildman–Crippen LogP) is 3.87. The van der Waals surface area contributed by atoms with E-state index in [9.17, 15) is 0 Å². The van der Waals surface area contributed by atoms with Crippen LogP contribution in [0.5, 0.6) is 5.75 Å². The molecule has 2 aromatic carbocycles. The molecule has 1 aliphatic rings. The molecule has 6 nitrogen and oxygen atoms in total. The first-order chi connectivity index (χ1) is 15.5. The van der Waals surface area contributed by atoms with Crippen LogP contribution in [-0.2, 0) is 24.4 Å². The number of nitrogens with one attached hydrogen (secondary N) is 2. The predicted molar refractivity (Wildman–Crippen MR) is 131 cm³/mol. The quantitative estimate of drug-likeness (QED) is 0.460. The first-order valence-corrected chi connectivity index (χ1v) is 11.5. The molecule has 0 saturated carbocycles. The highest BCUT2D eigenvalue weighted by molar-refractivity contribution is 5.79. The summed E-state index contributed by atoms with van der Waals surface area (Å²) in [6.07, 6.45) is 1.07. The first kappa shape index (κ1) is 24.1. The molecule has 1 fully saturated rings. The van der Waals surface area contributed by atoms with Crippen molar-refractivity contribution in [3.8, 4) is 5.75 Å². The Kier molecular flexibility index (Phi) is 8.94. The van der Waals surface area contributed by atoms with Crippen molar-refractivity contribution in [1.29, 1.82) is 0 Å². The zero-order valence-electron chi connectivity index (χ0n) is 20.1. The van der Waals surface area contributed by atoms with Gasteiger partial charge in [0.05, 0.1) is 13.2 Å². The van der Waals surface area contributed by atoms with E-state index in [-0.39, 0.29) is 6.10 Å². The summed E-state index contributed by atoms with van der Waals surface area (Å²) in [4.78, 5) is 6.76. The second kappa shape index (κ2) is 11.9. The summed E-state index contributed by atoms with van der Waals surface area (Å²) in [7, 11) is 3.96. The summed E-state index contributed by atoms with van der Waals surface area (Å²) in [6, 6.07) is 15.4. The summed E-state index contributed by atoms with van der Waals surface area (Å²) in [5.41, 5.74) is 4.92.